The normalized spacial score (nSPS) is 9.10. The van der Waals surface area contributed by atoms with E-state index in [-0.39, 0.29) is 23.1 Å². The van der Waals surface area contributed by atoms with Crippen LogP contribution in [-0.4, -0.2) is 23.1 Å². The molecule has 1 radical (unpaired) electrons. The molecule has 10 heavy (non-hydrogen) atoms. The topological polar surface area (TPSA) is 0 Å². The standard InChI is InChI=1S/C9H11.Mg.2H/c1-8(2)9-6-4-3-5-7-9;;;/h3-4,6-8H,1-2H3;;;. The maximum atomic E-state index is 3.04. The molecule has 0 bridgehead atoms. The van der Waals surface area contributed by atoms with Gasteiger partial charge in [-0.05, 0) is 17.5 Å². The third kappa shape index (κ3) is 2.71. The molecule has 0 aromatic heterocycles. The van der Waals surface area contributed by atoms with Gasteiger partial charge >= 0.3 is 23.1 Å². The van der Waals surface area contributed by atoms with Gasteiger partial charge in [0, 0.05) is 0 Å². The van der Waals surface area contributed by atoms with Crippen LogP contribution in [0.3, 0.4) is 0 Å². The molecule has 0 amide bonds. The molecular formula is C9H13Mg. The van der Waals surface area contributed by atoms with Crippen LogP contribution in [-0.2, 0) is 0 Å². The second-order valence-electron chi connectivity index (χ2n) is 2.49. The van der Waals surface area contributed by atoms with Gasteiger partial charge in [-0.2, -0.15) is 0 Å². The van der Waals surface area contributed by atoms with Crippen molar-refractivity contribution in [3.8, 4) is 0 Å². The summed E-state index contributed by atoms with van der Waals surface area (Å²) >= 11 is 0. The highest BCUT2D eigenvalue weighted by Gasteiger charge is 1.93. The number of rotatable bonds is 1. The third-order valence-corrected chi connectivity index (χ3v) is 1.40. The van der Waals surface area contributed by atoms with Gasteiger partial charge in [0.05, 0.1) is 0 Å². The van der Waals surface area contributed by atoms with Crippen molar-refractivity contribution >= 4 is 23.1 Å². The lowest BCUT2D eigenvalue weighted by Crippen LogP contribution is -1.83. The summed E-state index contributed by atoms with van der Waals surface area (Å²) in [6.45, 7) is 4.37. The molecule has 0 aliphatic rings. The Morgan fingerprint density at radius 1 is 1.40 bits per heavy atom. The Labute approximate surface area is 78.8 Å². The van der Waals surface area contributed by atoms with Gasteiger partial charge in [0.15, 0.2) is 0 Å². The van der Waals surface area contributed by atoms with Crippen LogP contribution in [0.25, 0.3) is 0 Å². The number of hydrogen-bond acceptors (Lipinski definition) is 0. The average molecular weight is 146 g/mol. The van der Waals surface area contributed by atoms with Crippen LogP contribution < -0.4 is 0 Å². The quantitative estimate of drug-likeness (QED) is 0.528. The predicted octanol–water partition coefficient (Wildman–Crippen LogP) is 1.69. The number of hydrogen-bond donors (Lipinski definition) is 0. The zero-order valence-corrected chi connectivity index (χ0v) is 5.89. The summed E-state index contributed by atoms with van der Waals surface area (Å²) in [5.41, 5.74) is 1.36. The summed E-state index contributed by atoms with van der Waals surface area (Å²) in [4.78, 5) is 0. The van der Waals surface area contributed by atoms with Gasteiger partial charge in [-0.1, -0.05) is 38.1 Å². The minimum atomic E-state index is 0. The maximum Gasteiger partial charge on any atom is 0.316 e. The van der Waals surface area contributed by atoms with Crippen LogP contribution in [0.2, 0.25) is 0 Å². The van der Waals surface area contributed by atoms with E-state index in [4.69, 9.17) is 0 Å². The van der Waals surface area contributed by atoms with Crippen molar-refractivity contribution in [2.75, 3.05) is 0 Å². The van der Waals surface area contributed by atoms with Crippen molar-refractivity contribution in [1.29, 1.82) is 0 Å². The van der Waals surface area contributed by atoms with Gasteiger partial charge in [0.1, 0.15) is 0 Å². The largest absolute Gasteiger partial charge is 0.316 e. The molecule has 0 atom stereocenters. The van der Waals surface area contributed by atoms with E-state index in [9.17, 15) is 0 Å². The summed E-state index contributed by atoms with van der Waals surface area (Å²) in [7, 11) is 0. The Kier molecular flexibility index (Phi) is 4.74. The van der Waals surface area contributed by atoms with E-state index in [1.807, 2.05) is 18.2 Å². The van der Waals surface area contributed by atoms with Gasteiger partial charge < -0.3 is 0 Å². The zero-order chi connectivity index (χ0) is 6.69. The second-order valence-corrected chi connectivity index (χ2v) is 2.49. The Bertz CT molecular complexity index is 167. The molecule has 0 N–H and O–H groups in total. The van der Waals surface area contributed by atoms with Crippen molar-refractivity contribution in [2.45, 2.75) is 19.8 Å². The summed E-state index contributed by atoms with van der Waals surface area (Å²) in [6.07, 6.45) is 0. The Morgan fingerprint density at radius 2 is 2.10 bits per heavy atom. The minimum absolute atomic E-state index is 0. The first-order chi connectivity index (χ1) is 4.30. The van der Waals surface area contributed by atoms with Gasteiger partial charge in [-0.3, -0.25) is 0 Å². The molecule has 0 fully saturated rings. The van der Waals surface area contributed by atoms with E-state index in [0.29, 0.717) is 5.92 Å². The molecule has 0 aliphatic heterocycles. The summed E-state index contributed by atoms with van der Waals surface area (Å²) in [5, 5.41) is 0. The molecule has 0 aliphatic carbocycles. The molecule has 1 heteroatoms. The molecule has 0 heterocycles. The van der Waals surface area contributed by atoms with Crippen LogP contribution in [0.1, 0.15) is 25.3 Å². The highest BCUT2D eigenvalue weighted by atomic mass is 24.3. The van der Waals surface area contributed by atoms with Crippen LogP contribution in [0.4, 0.5) is 0 Å². The predicted molar refractivity (Wildman–Crippen MR) is 47.9 cm³/mol. The SMILES string of the molecule is CC(C)c1c[c]ccc1.[MgH2]. The zero-order valence-electron chi connectivity index (χ0n) is 5.89. The number of benzene rings is 1. The monoisotopic (exact) mass is 145 g/mol. The fraction of sp³-hybridized carbons (Fsp3) is 0.333. The van der Waals surface area contributed by atoms with E-state index < -0.39 is 0 Å². The van der Waals surface area contributed by atoms with E-state index in [2.05, 4.69) is 26.0 Å². The molecule has 1 aromatic rings. The first-order valence-electron chi connectivity index (χ1n) is 3.26. The van der Waals surface area contributed by atoms with Gasteiger partial charge in [-0.25, -0.2) is 0 Å². The lowest BCUT2D eigenvalue weighted by atomic mass is 10.0. The maximum absolute atomic E-state index is 3.04. The molecule has 0 nitrogen and oxygen atoms in total. The van der Waals surface area contributed by atoms with Crippen LogP contribution in [0.15, 0.2) is 24.3 Å². The second kappa shape index (κ2) is 4.75. The van der Waals surface area contributed by atoms with Gasteiger partial charge in [0.25, 0.3) is 0 Å². The fourth-order valence-electron chi connectivity index (χ4n) is 0.766. The Balaban J connectivity index is 0.000000810. The van der Waals surface area contributed by atoms with Gasteiger partial charge in [-0.15, -0.1) is 0 Å². The van der Waals surface area contributed by atoms with Crippen molar-refractivity contribution in [3.63, 3.8) is 0 Å². The molecule has 0 unspecified atom stereocenters. The van der Waals surface area contributed by atoms with E-state index >= 15 is 0 Å². The Morgan fingerprint density at radius 3 is 2.40 bits per heavy atom. The minimum Gasteiger partial charge on any atom is -0.0614 e. The average Bonchev–Trinajstić information content (AvgIpc) is 1.90. The van der Waals surface area contributed by atoms with Crippen molar-refractivity contribution in [2.24, 2.45) is 0 Å². The molecule has 0 spiro atoms. The molecule has 0 saturated heterocycles. The summed E-state index contributed by atoms with van der Waals surface area (Å²) in [5.74, 6) is 0.627. The van der Waals surface area contributed by atoms with Crippen LogP contribution in [0, 0.1) is 6.07 Å². The lowest BCUT2D eigenvalue weighted by Gasteiger charge is -2.01. The van der Waals surface area contributed by atoms with Crippen LogP contribution >= 0.6 is 0 Å². The van der Waals surface area contributed by atoms with E-state index in [1.165, 1.54) is 5.56 Å². The highest BCUT2D eigenvalue weighted by Crippen LogP contribution is 2.11. The van der Waals surface area contributed by atoms with E-state index in [0.717, 1.165) is 0 Å². The molecule has 1 rings (SSSR count). The lowest BCUT2D eigenvalue weighted by molar-refractivity contribution is 0.866. The molecule has 51 valence electrons. The smallest absolute Gasteiger partial charge is 0.0614 e. The molecular weight excluding hydrogens is 132 g/mol. The van der Waals surface area contributed by atoms with Gasteiger partial charge in [0.2, 0.25) is 0 Å². The van der Waals surface area contributed by atoms with Crippen molar-refractivity contribution in [3.05, 3.63) is 35.9 Å². The third-order valence-electron chi connectivity index (χ3n) is 1.40. The van der Waals surface area contributed by atoms with Crippen LogP contribution in [0.5, 0.6) is 0 Å². The summed E-state index contributed by atoms with van der Waals surface area (Å²) in [6, 6.07) is 11.1. The first-order valence-corrected chi connectivity index (χ1v) is 3.26. The van der Waals surface area contributed by atoms with Crippen molar-refractivity contribution < 1.29 is 0 Å². The highest BCUT2D eigenvalue weighted by molar-refractivity contribution is 5.75. The first kappa shape index (κ1) is 9.99. The molecule has 1 aromatic carbocycles. The van der Waals surface area contributed by atoms with Crippen molar-refractivity contribution in [1.82, 2.24) is 0 Å². The molecule has 0 saturated carbocycles. The summed E-state index contributed by atoms with van der Waals surface area (Å²) < 4.78 is 0. The Hall–Kier alpha value is -0.0138. The fourth-order valence-corrected chi connectivity index (χ4v) is 0.766. The van der Waals surface area contributed by atoms with E-state index in [1.54, 1.807) is 0 Å².